The highest BCUT2D eigenvalue weighted by Crippen LogP contribution is 2.03. The molecule has 1 unspecified atom stereocenters. The summed E-state index contributed by atoms with van der Waals surface area (Å²) in [6.45, 7) is 0.0816. The molecule has 0 aromatic carbocycles. The van der Waals surface area contributed by atoms with Crippen molar-refractivity contribution in [1.29, 1.82) is 0 Å². The van der Waals surface area contributed by atoms with Crippen molar-refractivity contribution in [3.8, 4) is 0 Å². The number of hydrogen-bond acceptors (Lipinski definition) is 3. The molecule has 0 saturated heterocycles. The molecule has 0 bridgehead atoms. The van der Waals surface area contributed by atoms with Crippen molar-refractivity contribution in [1.82, 2.24) is 0 Å². The van der Waals surface area contributed by atoms with E-state index in [9.17, 15) is 10.1 Å². The molecule has 54 valence electrons. The molecule has 1 atom stereocenters. The van der Waals surface area contributed by atoms with Crippen LogP contribution in [0.5, 0.6) is 0 Å². The minimum absolute atomic E-state index is 0.00269. The number of rotatable bonds is 4. The summed E-state index contributed by atoms with van der Waals surface area (Å²) < 4.78 is 0. The highest BCUT2D eigenvalue weighted by Gasteiger charge is 2.03. The topological polar surface area (TPSA) is 52.4 Å². The summed E-state index contributed by atoms with van der Waals surface area (Å²) in [7, 11) is 0. The smallest absolute Gasteiger partial charge is 0.294 e. The van der Waals surface area contributed by atoms with Gasteiger partial charge in [-0.1, -0.05) is 31.9 Å². The van der Waals surface area contributed by atoms with Gasteiger partial charge in [-0.15, -0.1) is 10.1 Å². The molecule has 0 radical (unpaired) electrons. The molecule has 4 nitrogen and oxygen atoms in total. The van der Waals surface area contributed by atoms with Gasteiger partial charge in [0.2, 0.25) is 0 Å². The van der Waals surface area contributed by atoms with Crippen molar-refractivity contribution in [3.63, 3.8) is 0 Å². The van der Waals surface area contributed by atoms with E-state index in [1.807, 2.05) is 0 Å². The molecule has 6 heteroatoms. The molecular weight excluding hydrogens is 258 g/mol. The van der Waals surface area contributed by atoms with E-state index in [0.717, 1.165) is 0 Å². The summed E-state index contributed by atoms with van der Waals surface area (Å²) in [5, 5.41) is 9.40. The quantitative estimate of drug-likeness (QED) is 0.437. The van der Waals surface area contributed by atoms with Crippen molar-refractivity contribution in [3.05, 3.63) is 10.1 Å². The summed E-state index contributed by atoms with van der Waals surface area (Å²) in [6, 6.07) is 0. The van der Waals surface area contributed by atoms with Crippen LogP contribution in [0.4, 0.5) is 0 Å². The summed E-state index contributed by atoms with van der Waals surface area (Å²) >= 11 is 6.24. The van der Waals surface area contributed by atoms with E-state index in [2.05, 4.69) is 36.7 Å². The third kappa shape index (κ3) is 6.04. The fraction of sp³-hybridized carbons (Fsp3) is 1.00. The maximum atomic E-state index is 9.57. The van der Waals surface area contributed by atoms with Gasteiger partial charge in [0, 0.05) is 10.2 Å². The minimum Gasteiger partial charge on any atom is -0.313 e. The van der Waals surface area contributed by atoms with Gasteiger partial charge in [-0.25, -0.2) is 0 Å². The summed E-state index contributed by atoms with van der Waals surface area (Å²) in [5.74, 6) is 0. The maximum absolute atomic E-state index is 9.57. The van der Waals surface area contributed by atoms with Gasteiger partial charge in [-0.05, 0) is 0 Å². The van der Waals surface area contributed by atoms with Crippen LogP contribution in [-0.4, -0.2) is 21.9 Å². The highest BCUT2D eigenvalue weighted by atomic mass is 79.9. The Hall–Kier alpha value is 0.160. The standard InChI is InChI=1S/C3H5Br2NO3/c4-1-3(5)2-9-6(7)8/h3H,1-2H2. The van der Waals surface area contributed by atoms with Gasteiger partial charge in [-0.2, -0.15) is 0 Å². The Labute approximate surface area is 68.9 Å². The molecule has 9 heavy (non-hydrogen) atoms. The molecule has 0 N–H and O–H groups in total. The first-order valence-electron chi connectivity index (χ1n) is 2.14. The molecule has 0 aromatic heterocycles. The molecular formula is C3H5Br2NO3. The normalized spacial score (nSPS) is 12.7. The number of halogens is 2. The van der Waals surface area contributed by atoms with Gasteiger partial charge >= 0.3 is 0 Å². The van der Waals surface area contributed by atoms with E-state index in [0.29, 0.717) is 5.33 Å². The Kier molecular flexibility index (Phi) is 5.07. The van der Waals surface area contributed by atoms with Crippen molar-refractivity contribution < 1.29 is 9.92 Å². The molecule has 0 amide bonds. The predicted molar refractivity (Wildman–Crippen MR) is 39.5 cm³/mol. The van der Waals surface area contributed by atoms with E-state index in [1.165, 1.54) is 0 Å². The van der Waals surface area contributed by atoms with Gasteiger partial charge in [0.1, 0.15) is 6.61 Å². The lowest BCUT2D eigenvalue weighted by Crippen LogP contribution is -2.13. The van der Waals surface area contributed by atoms with Crippen LogP contribution in [0, 0.1) is 10.1 Å². The first kappa shape index (κ1) is 9.16. The van der Waals surface area contributed by atoms with E-state index in [1.54, 1.807) is 0 Å². The van der Waals surface area contributed by atoms with Gasteiger partial charge in [0.25, 0.3) is 5.09 Å². The van der Waals surface area contributed by atoms with E-state index in [4.69, 9.17) is 0 Å². The zero-order valence-corrected chi connectivity index (χ0v) is 7.59. The molecule has 0 rings (SSSR count). The Morgan fingerprint density at radius 3 is 2.67 bits per heavy atom. The third-order valence-electron chi connectivity index (χ3n) is 0.528. The lowest BCUT2D eigenvalue weighted by molar-refractivity contribution is -0.757. The lowest BCUT2D eigenvalue weighted by Gasteiger charge is -2.01. The first-order chi connectivity index (χ1) is 4.16. The van der Waals surface area contributed by atoms with E-state index >= 15 is 0 Å². The number of alkyl halides is 2. The Morgan fingerprint density at radius 2 is 2.33 bits per heavy atom. The van der Waals surface area contributed by atoms with E-state index < -0.39 is 5.09 Å². The van der Waals surface area contributed by atoms with Crippen LogP contribution in [0.25, 0.3) is 0 Å². The predicted octanol–water partition coefficient (Wildman–Crippen LogP) is 1.35. The molecule has 0 aliphatic rings. The van der Waals surface area contributed by atoms with Crippen molar-refractivity contribution >= 4 is 31.9 Å². The highest BCUT2D eigenvalue weighted by molar-refractivity contribution is 9.12. The fourth-order valence-electron chi connectivity index (χ4n) is 0.186. The average Bonchev–Trinajstić information content (AvgIpc) is 1.83. The van der Waals surface area contributed by atoms with Crippen LogP contribution < -0.4 is 0 Å². The van der Waals surface area contributed by atoms with Crippen molar-refractivity contribution in [2.24, 2.45) is 0 Å². The zero-order chi connectivity index (χ0) is 7.28. The maximum Gasteiger partial charge on any atom is 0.294 e. The third-order valence-corrected chi connectivity index (χ3v) is 2.77. The Morgan fingerprint density at radius 1 is 1.78 bits per heavy atom. The molecule has 0 aromatic rings. The van der Waals surface area contributed by atoms with Crippen LogP contribution in [0.1, 0.15) is 0 Å². The molecule has 0 aliphatic heterocycles. The second-order valence-electron chi connectivity index (χ2n) is 1.27. The molecule has 0 aliphatic carbocycles. The fourth-order valence-corrected chi connectivity index (χ4v) is 0.491. The lowest BCUT2D eigenvalue weighted by atomic mass is 10.5. The van der Waals surface area contributed by atoms with Crippen LogP contribution in [0.15, 0.2) is 0 Å². The molecule has 0 spiro atoms. The van der Waals surface area contributed by atoms with Crippen LogP contribution >= 0.6 is 31.9 Å². The van der Waals surface area contributed by atoms with Crippen molar-refractivity contribution in [2.45, 2.75) is 4.83 Å². The number of hydrogen-bond donors (Lipinski definition) is 0. The molecule has 0 saturated carbocycles. The number of nitrogens with zero attached hydrogens (tertiary/aromatic N) is 1. The van der Waals surface area contributed by atoms with Gasteiger partial charge in [0.15, 0.2) is 0 Å². The van der Waals surface area contributed by atoms with Crippen LogP contribution in [0.3, 0.4) is 0 Å². The molecule has 0 fully saturated rings. The SMILES string of the molecule is O=[N+]([O-])OCC(Br)CBr. The largest absolute Gasteiger partial charge is 0.313 e. The minimum atomic E-state index is -0.809. The first-order valence-corrected chi connectivity index (χ1v) is 4.18. The van der Waals surface area contributed by atoms with Gasteiger partial charge < -0.3 is 4.84 Å². The Bertz CT molecular complexity index is 99.1. The summed E-state index contributed by atoms with van der Waals surface area (Å²) in [4.78, 5) is 13.6. The van der Waals surface area contributed by atoms with Gasteiger partial charge in [-0.3, -0.25) is 0 Å². The Balaban J connectivity index is 3.16. The second-order valence-corrected chi connectivity index (χ2v) is 3.21. The monoisotopic (exact) mass is 261 g/mol. The summed E-state index contributed by atoms with van der Waals surface area (Å²) in [5.41, 5.74) is 0. The van der Waals surface area contributed by atoms with E-state index in [-0.39, 0.29) is 11.4 Å². The summed E-state index contributed by atoms with van der Waals surface area (Å²) in [6.07, 6.45) is 0. The van der Waals surface area contributed by atoms with Crippen molar-refractivity contribution in [2.75, 3.05) is 11.9 Å². The van der Waals surface area contributed by atoms with Crippen LogP contribution in [0.2, 0.25) is 0 Å². The molecule has 0 heterocycles. The van der Waals surface area contributed by atoms with Gasteiger partial charge in [0.05, 0.1) is 0 Å². The second kappa shape index (κ2) is 4.99. The zero-order valence-electron chi connectivity index (χ0n) is 4.42. The van der Waals surface area contributed by atoms with Crippen LogP contribution in [-0.2, 0) is 4.84 Å². The average molecular weight is 263 g/mol.